The second-order valence-electron chi connectivity index (χ2n) is 3.64. The van der Waals surface area contributed by atoms with Gasteiger partial charge in [-0.2, -0.15) is 9.05 Å². The summed E-state index contributed by atoms with van der Waals surface area (Å²) in [6, 6.07) is 1.98. The van der Waals surface area contributed by atoms with Crippen molar-refractivity contribution in [2.75, 3.05) is 20.3 Å². The number of thiol groups is 1. The number of rotatable bonds is 4. The van der Waals surface area contributed by atoms with Gasteiger partial charge >= 0.3 is 7.15 Å². The summed E-state index contributed by atoms with van der Waals surface area (Å²) in [5, 5.41) is 0. The first-order chi connectivity index (χ1) is 8.13. The molecule has 0 spiro atoms. The molecule has 0 aliphatic carbocycles. The highest BCUT2D eigenvalue weighted by molar-refractivity contribution is 8.47. The highest BCUT2D eigenvalue weighted by atomic mass is 32.7. The largest absolute Gasteiger partial charge is 0.523 e. The predicted molar refractivity (Wildman–Crippen MR) is 68.1 cm³/mol. The Morgan fingerprint density at radius 2 is 2.35 bits per heavy atom. The van der Waals surface area contributed by atoms with Gasteiger partial charge in [0.25, 0.3) is 5.88 Å². The maximum atomic E-state index is 5.59. The minimum atomic E-state index is -2.59. The van der Waals surface area contributed by atoms with Crippen LogP contribution in [-0.2, 0) is 20.4 Å². The number of methoxy groups -OCH3 is 1. The van der Waals surface area contributed by atoms with Crippen molar-refractivity contribution in [1.29, 1.82) is 0 Å². The number of aromatic nitrogens is 1. The van der Waals surface area contributed by atoms with Crippen LogP contribution >= 0.6 is 19.4 Å². The molecule has 1 aromatic rings. The maximum absolute atomic E-state index is 5.59. The monoisotopic (exact) mass is 276 g/mol. The zero-order valence-corrected chi connectivity index (χ0v) is 11.5. The summed E-state index contributed by atoms with van der Waals surface area (Å²) < 4.78 is 21.5. The fourth-order valence-corrected chi connectivity index (χ4v) is 3.21. The van der Waals surface area contributed by atoms with Crippen LogP contribution in [0.25, 0.3) is 0 Å². The molecule has 0 amide bonds. The Morgan fingerprint density at radius 1 is 1.53 bits per heavy atom. The molecule has 5 nitrogen and oxygen atoms in total. The Bertz CT molecular complexity index is 406. The van der Waals surface area contributed by atoms with E-state index < -0.39 is 7.15 Å². The fourth-order valence-electron chi connectivity index (χ4n) is 1.39. The van der Waals surface area contributed by atoms with Crippen LogP contribution in [-0.4, -0.2) is 25.3 Å². The number of aryl methyl sites for hydroxylation is 1. The average molecular weight is 276 g/mol. The van der Waals surface area contributed by atoms with E-state index in [0.717, 1.165) is 11.1 Å². The molecule has 1 aliphatic rings. The maximum Gasteiger partial charge on any atom is 0.523 e. The van der Waals surface area contributed by atoms with Gasteiger partial charge in [-0.15, -0.1) is 0 Å². The van der Waals surface area contributed by atoms with Crippen molar-refractivity contribution in [3.05, 3.63) is 23.4 Å². The number of fused-ring (bicyclic) bond motifs is 1. The molecule has 2 heterocycles. The van der Waals surface area contributed by atoms with Gasteiger partial charge in [0.2, 0.25) is 0 Å². The van der Waals surface area contributed by atoms with Crippen molar-refractivity contribution in [2.45, 2.75) is 13.5 Å². The number of nitrogens with zero attached hydrogens (tertiary/aromatic N) is 1. The lowest BCUT2D eigenvalue weighted by Gasteiger charge is -2.21. The smallest absolute Gasteiger partial charge is 0.382 e. The topological polar surface area (TPSA) is 49.8 Å². The Kier molecular flexibility index (Phi) is 4.22. The van der Waals surface area contributed by atoms with E-state index in [2.05, 4.69) is 17.2 Å². The van der Waals surface area contributed by atoms with Gasteiger partial charge in [0, 0.05) is 13.3 Å². The SMILES string of the molecule is COCCO[P+]1(S)OCc2cc(C)cnc2O1. The zero-order valence-electron chi connectivity index (χ0n) is 9.75. The molecule has 0 saturated heterocycles. The number of ether oxygens (including phenoxy) is 1. The van der Waals surface area contributed by atoms with Crippen molar-refractivity contribution in [1.82, 2.24) is 4.98 Å². The van der Waals surface area contributed by atoms with E-state index in [1.165, 1.54) is 0 Å². The summed E-state index contributed by atoms with van der Waals surface area (Å²) in [5.41, 5.74) is 1.99. The zero-order chi connectivity index (χ0) is 12.3. The quantitative estimate of drug-likeness (QED) is 0.520. The lowest BCUT2D eigenvalue weighted by Crippen LogP contribution is -2.14. The number of pyridine rings is 1. The van der Waals surface area contributed by atoms with Crippen molar-refractivity contribution in [3.63, 3.8) is 0 Å². The Labute approximate surface area is 106 Å². The summed E-state index contributed by atoms with van der Waals surface area (Å²) in [6.45, 7) is 3.24. The van der Waals surface area contributed by atoms with E-state index in [0.29, 0.717) is 25.7 Å². The summed E-state index contributed by atoms with van der Waals surface area (Å²) in [5.74, 6) is 0.544. The molecule has 0 bridgehead atoms. The molecule has 0 radical (unpaired) electrons. The second kappa shape index (κ2) is 5.50. The number of hydrogen-bond donors (Lipinski definition) is 1. The van der Waals surface area contributed by atoms with Gasteiger partial charge < -0.3 is 4.74 Å². The van der Waals surface area contributed by atoms with Gasteiger partial charge in [0.1, 0.15) is 25.5 Å². The third-order valence-electron chi connectivity index (χ3n) is 2.19. The van der Waals surface area contributed by atoms with Crippen LogP contribution in [0.3, 0.4) is 0 Å². The van der Waals surface area contributed by atoms with Gasteiger partial charge in [-0.3, -0.25) is 4.52 Å². The molecule has 0 fully saturated rings. The van der Waals surface area contributed by atoms with Crippen molar-refractivity contribution in [3.8, 4) is 5.88 Å². The van der Waals surface area contributed by atoms with Crippen molar-refractivity contribution < 1.29 is 18.3 Å². The summed E-state index contributed by atoms with van der Waals surface area (Å²) >= 11 is 4.32. The van der Waals surface area contributed by atoms with Crippen LogP contribution < -0.4 is 4.52 Å². The average Bonchev–Trinajstić information content (AvgIpc) is 2.30. The van der Waals surface area contributed by atoms with Gasteiger partial charge in [0.15, 0.2) is 0 Å². The molecular formula is C10H15NO4PS+. The van der Waals surface area contributed by atoms with Gasteiger partial charge in [-0.1, -0.05) is 0 Å². The molecule has 0 saturated carbocycles. The molecular weight excluding hydrogens is 261 g/mol. The lowest BCUT2D eigenvalue weighted by atomic mass is 10.2. The first-order valence-corrected chi connectivity index (χ1v) is 7.87. The van der Waals surface area contributed by atoms with Crippen LogP contribution in [0.15, 0.2) is 12.3 Å². The van der Waals surface area contributed by atoms with E-state index in [4.69, 9.17) is 18.3 Å². The first-order valence-electron chi connectivity index (χ1n) is 5.18. The molecule has 94 valence electrons. The van der Waals surface area contributed by atoms with E-state index in [1.54, 1.807) is 13.3 Å². The highest BCUT2D eigenvalue weighted by Crippen LogP contribution is 2.68. The highest BCUT2D eigenvalue weighted by Gasteiger charge is 2.48. The molecule has 1 aliphatic heterocycles. The van der Waals surface area contributed by atoms with Crippen molar-refractivity contribution in [2.24, 2.45) is 0 Å². The Morgan fingerprint density at radius 3 is 3.12 bits per heavy atom. The molecule has 1 atom stereocenters. The van der Waals surface area contributed by atoms with Crippen LogP contribution in [0.4, 0.5) is 0 Å². The van der Waals surface area contributed by atoms with Crippen LogP contribution in [0.5, 0.6) is 5.88 Å². The second-order valence-corrected chi connectivity index (χ2v) is 6.74. The van der Waals surface area contributed by atoms with E-state index >= 15 is 0 Å². The molecule has 17 heavy (non-hydrogen) atoms. The third-order valence-corrected chi connectivity index (χ3v) is 4.49. The van der Waals surface area contributed by atoms with Crippen molar-refractivity contribution >= 4 is 19.4 Å². The molecule has 2 rings (SSSR count). The summed E-state index contributed by atoms with van der Waals surface area (Å²) in [6.07, 6.45) is 1.75. The van der Waals surface area contributed by atoms with Crippen LogP contribution in [0, 0.1) is 6.92 Å². The standard InChI is InChI=1S/C10H15NO4PS/c1-8-5-9-7-14-16(17,13-4-3-12-2)15-10(9)11-6-8/h5-6,17H,3-4,7H2,1-2H3/q+1. The van der Waals surface area contributed by atoms with Gasteiger partial charge in [-0.05, 0) is 18.6 Å². The summed E-state index contributed by atoms with van der Waals surface area (Å²) in [4.78, 5) is 4.21. The normalized spacial score (nSPS) is 23.0. The van der Waals surface area contributed by atoms with Crippen LogP contribution in [0.2, 0.25) is 0 Å². The minimum absolute atomic E-state index is 0.384. The number of hydrogen-bond acceptors (Lipinski definition) is 6. The van der Waals surface area contributed by atoms with E-state index in [-0.39, 0.29) is 0 Å². The molecule has 0 aromatic carbocycles. The summed E-state index contributed by atoms with van der Waals surface area (Å²) in [7, 11) is -0.982. The van der Waals surface area contributed by atoms with E-state index in [1.807, 2.05) is 13.0 Å². The third kappa shape index (κ3) is 3.30. The minimum Gasteiger partial charge on any atom is -0.382 e. The van der Waals surface area contributed by atoms with Gasteiger partial charge in [-0.25, -0.2) is 4.98 Å². The predicted octanol–water partition coefficient (Wildman–Crippen LogP) is 2.57. The first kappa shape index (κ1) is 13.1. The molecule has 0 N–H and O–H groups in total. The lowest BCUT2D eigenvalue weighted by molar-refractivity contribution is 0.117. The molecule has 1 aromatic heterocycles. The Balaban J connectivity index is 2.04. The van der Waals surface area contributed by atoms with E-state index in [9.17, 15) is 0 Å². The van der Waals surface area contributed by atoms with Crippen LogP contribution in [0.1, 0.15) is 11.1 Å². The molecule has 1 unspecified atom stereocenters. The van der Waals surface area contributed by atoms with Gasteiger partial charge in [0.05, 0.1) is 12.2 Å². The fraction of sp³-hybridized carbons (Fsp3) is 0.500. The Hall–Kier alpha value is -0.390. The molecule has 7 heteroatoms.